The van der Waals surface area contributed by atoms with Gasteiger partial charge in [-0.05, 0) is 29.9 Å². The highest BCUT2D eigenvalue weighted by Gasteiger charge is 2.11. The minimum absolute atomic E-state index is 0.0739. The van der Waals surface area contributed by atoms with Crippen molar-refractivity contribution in [2.45, 2.75) is 6.54 Å². The Morgan fingerprint density at radius 1 is 1.29 bits per heavy atom. The first-order chi connectivity index (χ1) is 11.6. The predicted molar refractivity (Wildman–Crippen MR) is 99.2 cm³/mol. The van der Waals surface area contributed by atoms with Gasteiger partial charge in [0.2, 0.25) is 0 Å². The average molecular weight is 350 g/mol. The number of carbonyl (C=O) groups excluding carboxylic acids is 1. The second kappa shape index (κ2) is 9.56. The van der Waals surface area contributed by atoms with Crippen LogP contribution >= 0.6 is 12.2 Å². The highest BCUT2D eigenvalue weighted by molar-refractivity contribution is 7.80. The van der Waals surface area contributed by atoms with Gasteiger partial charge in [0.1, 0.15) is 0 Å². The molecule has 1 heterocycles. The highest BCUT2D eigenvalue weighted by Crippen LogP contribution is 2.07. The molecule has 6 nitrogen and oxygen atoms in total. The summed E-state index contributed by atoms with van der Waals surface area (Å²) in [5.41, 5.74) is 1.78. The molecule has 7 heteroatoms. The average Bonchev–Trinajstić information content (AvgIpc) is 2.62. The van der Waals surface area contributed by atoms with Crippen molar-refractivity contribution >= 4 is 23.2 Å². The smallest absolute Gasteiger partial charge is 0.251 e. The standard InChI is InChI=1S/C17H26N4O2S/c1-18-16(22)15-5-3-14(4-6-15)13-20(2)17(24)19-7-8-21-9-11-23-12-10-21/h3-6H,7-13H2,1-2H3,(H,18,22)(H,19,24). The number of benzene rings is 1. The quantitative estimate of drug-likeness (QED) is 0.736. The number of nitrogens with one attached hydrogen (secondary N) is 2. The molecule has 1 fully saturated rings. The van der Waals surface area contributed by atoms with E-state index in [4.69, 9.17) is 17.0 Å². The van der Waals surface area contributed by atoms with Gasteiger partial charge in [-0.2, -0.15) is 0 Å². The lowest BCUT2D eigenvalue weighted by atomic mass is 10.1. The number of amides is 1. The minimum Gasteiger partial charge on any atom is -0.379 e. The molecule has 0 spiro atoms. The Kier molecular flexibility index (Phi) is 7.42. The molecule has 1 amide bonds. The number of thiocarbonyl (C=S) groups is 1. The third kappa shape index (κ3) is 5.74. The number of carbonyl (C=O) groups is 1. The van der Waals surface area contributed by atoms with Gasteiger partial charge in [-0.15, -0.1) is 0 Å². The van der Waals surface area contributed by atoms with E-state index in [0.29, 0.717) is 12.1 Å². The molecule has 0 radical (unpaired) electrons. The first-order valence-electron chi connectivity index (χ1n) is 8.20. The molecule has 1 saturated heterocycles. The third-order valence-corrected chi connectivity index (χ3v) is 4.47. The van der Waals surface area contributed by atoms with E-state index >= 15 is 0 Å². The fraction of sp³-hybridized carbons (Fsp3) is 0.529. The Hall–Kier alpha value is -1.70. The lowest BCUT2D eigenvalue weighted by molar-refractivity contribution is 0.0389. The Bertz CT molecular complexity index is 544. The minimum atomic E-state index is -0.0739. The number of rotatable bonds is 6. The molecule has 24 heavy (non-hydrogen) atoms. The lowest BCUT2D eigenvalue weighted by Crippen LogP contribution is -2.43. The number of nitrogens with zero attached hydrogens (tertiary/aromatic N) is 2. The van der Waals surface area contributed by atoms with Crippen molar-refractivity contribution in [1.82, 2.24) is 20.4 Å². The summed E-state index contributed by atoms with van der Waals surface area (Å²) in [5, 5.41) is 6.65. The summed E-state index contributed by atoms with van der Waals surface area (Å²) in [5.74, 6) is -0.0739. The van der Waals surface area contributed by atoms with Gasteiger partial charge in [-0.1, -0.05) is 12.1 Å². The van der Waals surface area contributed by atoms with Crippen molar-refractivity contribution in [3.05, 3.63) is 35.4 Å². The van der Waals surface area contributed by atoms with Crippen molar-refractivity contribution in [2.24, 2.45) is 0 Å². The summed E-state index contributed by atoms with van der Waals surface area (Å²) < 4.78 is 5.34. The Labute approximate surface area is 149 Å². The maximum atomic E-state index is 11.5. The first-order valence-corrected chi connectivity index (χ1v) is 8.61. The van der Waals surface area contributed by atoms with E-state index in [0.717, 1.165) is 50.1 Å². The predicted octanol–water partition coefficient (Wildman–Crippen LogP) is 0.685. The van der Waals surface area contributed by atoms with Gasteiger partial charge in [0.05, 0.1) is 13.2 Å². The maximum absolute atomic E-state index is 11.5. The lowest BCUT2D eigenvalue weighted by Gasteiger charge is -2.27. The van der Waals surface area contributed by atoms with Crippen molar-refractivity contribution in [1.29, 1.82) is 0 Å². The molecule has 0 bridgehead atoms. The largest absolute Gasteiger partial charge is 0.379 e. The van der Waals surface area contributed by atoms with Crippen LogP contribution in [0.5, 0.6) is 0 Å². The van der Waals surface area contributed by atoms with Gasteiger partial charge >= 0.3 is 0 Å². The second-order valence-electron chi connectivity index (χ2n) is 5.82. The van der Waals surface area contributed by atoms with Gasteiger partial charge in [-0.25, -0.2) is 0 Å². The van der Waals surface area contributed by atoms with Gasteiger partial charge in [0.25, 0.3) is 5.91 Å². The van der Waals surface area contributed by atoms with Crippen molar-refractivity contribution in [2.75, 3.05) is 53.5 Å². The van der Waals surface area contributed by atoms with Crippen LogP contribution in [-0.4, -0.2) is 74.3 Å². The molecule has 1 aliphatic heterocycles. The number of hydrogen-bond donors (Lipinski definition) is 2. The van der Waals surface area contributed by atoms with Crippen LogP contribution in [-0.2, 0) is 11.3 Å². The zero-order valence-corrected chi connectivity index (χ0v) is 15.2. The SMILES string of the molecule is CNC(=O)c1ccc(CN(C)C(=S)NCCN2CCOCC2)cc1. The Balaban J connectivity index is 1.73. The van der Waals surface area contributed by atoms with Gasteiger partial charge in [0, 0.05) is 52.4 Å². The van der Waals surface area contributed by atoms with Gasteiger partial charge in [0.15, 0.2) is 5.11 Å². The third-order valence-electron chi connectivity index (χ3n) is 4.02. The van der Waals surface area contributed by atoms with Crippen LogP contribution < -0.4 is 10.6 Å². The molecule has 1 aromatic carbocycles. The molecular weight excluding hydrogens is 324 g/mol. The van der Waals surface area contributed by atoms with Crippen LogP contribution in [0, 0.1) is 0 Å². The van der Waals surface area contributed by atoms with Gasteiger partial charge < -0.3 is 20.3 Å². The van der Waals surface area contributed by atoms with Crippen molar-refractivity contribution < 1.29 is 9.53 Å². The molecule has 0 aromatic heterocycles. The molecule has 1 aromatic rings. The topological polar surface area (TPSA) is 56.8 Å². The van der Waals surface area contributed by atoms with E-state index in [2.05, 4.69) is 15.5 Å². The van der Waals surface area contributed by atoms with E-state index in [9.17, 15) is 4.79 Å². The Morgan fingerprint density at radius 2 is 1.96 bits per heavy atom. The molecule has 132 valence electrons. The first kappa shape index (κ1) is 18.6. The molecule has 2 rings (SSSR count). The van der Waals surface area contributed by atoms with Crippen LogP contribution in [0.3, 0.4) is 0 Å². The highest BCUT2D eigenvalue weighted by atomic mass is 32.1. The molecular formula is C17H26N4O2S. The monoisotopic (exact) mass is 350 g/mol. The van der Waals surface area contributed by atoms with Crippen LogP contribution in [0.1, 0.15) is 15.9 Å². The summed E-state index contributed by atoms with van der Waals surface area (Å²) in [6.07, 6.45) is 0. The van der Waals surface area contributed by atoms with Crippen LogP contribution in [0.4, 0.5) is 0 Å². The number of morpholine rings is 1. The van der Waals surface area contributed by atoms with Gasteiger partial charge in [-0.3, -0.25) is 9.69 Å². The zero-order valence-electron chi connectivity index (χ0n) is 14.4. The summed E-state index contributed by atoms with van der Waals surface area (Å²) in [6.45, 7) is 6.12. The molecule has 0 saturated carbocycles. The van der Waals surface area contributed by atoms with E-state index < -0.39 is 0 Å². The summed E-state index contributed by atoms with van der Waals surface area (Å²) in [7, 11) is 3.60. The Morgan fingerprint density at radius 3 is 2.58 bits per heavy atom. The van der Waals surface area contributed by atoms with E-state index in [1.807, 2.05) is 36.2 Å². The van der Waals surface area contributed by atoms with Crippen LogP contribution in [0.15, 0.2) is 24.3 Å². The molecule has 0 unspecified atom stereocenters. The number of hydrogen-bond acceptors (Lipinski definition) is 4. The van der Waals surface area contributed by atoms with Crippen LogP contribution in [0.2, 0.25) is 0 Å². The summed E-state index contributed by atoms with van der Waals surface area (Å²) in [4.78, 5) is 15.9. The van der Waals surface area contributed by atoms with E-state index in [1.54, 1.807) is 7.05 Å². The molecule has 2 N–H and O–H groups in total. The van der Waals surface area contributed by atoms with Crippen LogP contribution in [0.25, 0.3) is 0 Å². The fourth-order valence-electron chi connectivity index (χ4n) is 2.53. The maximum Gasteiger partial charge on any atom is 0.251 e. The van der Waals surface area contributed by atoms with Crippen molar-refractivity contribution in [3.8, 4) is 0 Å². The summed E-state index contributed by atoms with van der Waals surface area (Å²) in [6, 6.07) is 7.57. The molecule has 0 atom stereocenters. The molecule has 1 aliphatic rings. The van der Waals surface area contributed by atoms with Crippen molar-refractivity contribution in [3.63, 3.8) is 0 Å². The normalized spacial score (nSPS) is 14.9. The number of ether oxygens (including phenoxy) is 1. The van der Waals surface area contributed by atoms with E-state index in [-0.39, 0.29) is 5.91 Å². The van der Waals surface area contributed by atoms with E-state index in [1.165, 1.54) is 0 Å². The molecule has 0 aliphatic carbocycles. The fourth-order valence-corrected chi connectivity index (χ4v) is 2.70. The second-order valence-corrected chi connectivity index (χ2v) is 6.20. The zero-order chi connectivity index (χ0) is 17.4. The summed E-state index contributed by atoms with van der Waals surface area (Å²) >= 11 is 5.44.